The first kappa shape index (κ1) is 70.2. The average molecular weight is 1530 g/mol. The van der Waals surface area contributed by atoms with Crippen LogP contribution in [0.2, 0.25) is 5.28 Å². The van der Waals surface area contributed by atoms with Crippen LogP contribution in [0.25, 0.3) is 100 Å². The van der Waals surface area contributed by atoms with Gasteiger partial charge in [0.05, 0.1) is 55.3 Å². The second-order valence-corrected chi connectivity index (χ2v) is 33.7. The maximum atomic E-state index is 6.95. The zero-order valence-electron chi connectivity index (χ0n) is 65.7. The average Bonchev–Trinajstić information content (AvgIpc) is 1.44. The number of aromatic nitrogens is 4. The van der Waals surface area contributed by atoms with Gasteiger partial charge >= 0.3 is 7.12 Å². The number of hydrogen-bond acceptors (Lipinski definition) is 6. The van der Waals surface area contributed by atoms with E-state index in [0.29, 0.717) is 0 Å². The zero-order chi connectivity index (χ0) is 78.9. The monoisotopic (exact) mass is 1530 g/mol. The Morgan fingerprint density at radius 1 is 0.305 bits per heavy atom. The zero-order valence-corrected chi connectivity index (χ0v) is 66.5. The van der Waals surface area contributed by atoms with Crippen LogP contribution in [0.3, 0.4) is 0 Å². The van der Waals surface area contributed by atoms with E-state index in [4.69, 9.17) is 30.9 Å². The van der Waals surface area contributed by atoms with E-state index in [1.54, 1.807) is 0 Å². The molecule has 17 aromatic rings. The van der Waals surface area contributed by atoms with Crippen molar-refractivity contribution < 1.29 is 9.31 Å². The van der Waals surface area contributed by atoms with E-state index in [0.717, 1.165) is 67.6 Å². The van der Waals surface area contributed by atoms with E-state index in [9.17, 15) is 0 Å². The highest BCUT2D eigenvalue weighted by Crippen LogP contribution is 2.73. The molecule has 15 aromatic carbocycles. The second-order valence-electron chi connectivity index (χ2n) is 33.4. The fraction of sp³-hybridized carbons (Fsp3) is 0.109. The summed E-state index contributed by atoms with van der Waals surface area (Å²) in [5.74, 6) is 0.897. The van der Waals surface area contributed by atoms with Crippen LogP contribution in [0.4, 0.5) is 0 Å². The number of para-hydroxylation sites is 2. The summed E-state index contributed by atoms with van der Waals surface area (Å²) in [5, 5.41) is 2.35. The van der Waals surface area contributed by atoms with Crippen LogP contribution in [0, 0.1) is 5.92 Å². The molecule has 8 heteroatoms. The molecule has 1 aliphatic heterocycles. The highest BCUT2D eigenvalue weighted by atomic mass is 35.5. The number of allylic oxidation sites excluding steroid dienone is 4. The van der Waals surface area contributed by atoms with Gasteiger partial charge in [0.25, 0.3) is 0 Å². The molecule has 7 aliphatic carbocycles. The predicted molar refractivity (Wildman–Crippen MR) is 480 cm³/mol. The Hall–Kier alpha value is -13.3. The molecule has 25 rings (SSSR count). The van der Waals surface area contributed by atoms with Crippen molar-refractivity contribution in [2.45, 2.75) is 67.0 Å². The minimum Gasteiger partial charge on any atom is -0.399 e. The molecule has 118 heavy (non-hydrogen) atoms. The summed E-state index contributed by atoms with van der Waals surface area (Å²) in [4.78, 5) is 19.6. The lowest BCUT2D eigenvalue weighted by Gasteiger charge is -2.55. The van der Waals surface area contributed by atoms with Crippen LogP contribution in [-0.2, 0) is 31.0 Å². The van der Waals surface area contributed by atoms with E-state index < -0.39 is 40.0 Å². The molecular weight excluding hydrogens is 1460 g/mol. The van der Waals surface area contributed by atoms with Crippen molar-refractivity contribution >= 4 is 46.0 Å². The number of hydrogen-bond donors (Lipinski definition) is 0. The molecule has 1 fully saturated rings. The van der Waals surface area contributed by atoms with Gasteiger partial charge in [-0.15, -0.1) is 0 Å². The largest absolute Gasteiger partial charge is 0.495 e. The van der Waals surface area contributed by atoms with Crippen LogP contribution >= 0.6 is 11.6 Å². The fourth-order valence-corrected chi connectivity index (χ4v) is 22.5. The summed E-state index contributed by atoms with van der Waals surface area (Å²) < 4.78 is 13.9. The van der Waals surface area contributed by atoms with Gasteiger partial charge in [0.1, 0.15) is 0 Å². The SMILES string of the molecule is C1=CCC2C(=C1)C1(c3ccccc3-c3ccccc31)c1cccc(-c3nc(-c4ccccc4)c4ccccc4n3)c1C21c2ccccc2-c2ccccc21.CC1(C)OB(c2cccc3c2C2(c4ccccc4-c4ccccc42)c2ccccc2C32c3ccccc3-c3ccccc32)OC1(C)C.Clc1nc(-c2ccccc2)c2ccccc2n1. The van der Waals surface area contributed by atoms with E-state index in [1.807, 2.05) is 54.6 Å². The Labute approximate surface area is 692 Å². The molecular formula is C110H78BClN4O2. The van der Waals surface area contributed by atoms with Crippen molar-refractivity contribution in [3.8, 4) is 78.4 Å². The Kier molecular flexibility index (Phi) is 15.7. The third-order valence-electron chi connectivity index (χ3n) is 27.5. The number of benzene rings is 15. The summed E-state index contributed by atoms with van der Waals surface area (Å²) in [6, 6.07) is 133. The number of fused-ring (bicyclic) bond motifs is 34. The third-order valence-corrected chi connectivity index (χ3v) is 27.6. The molecule has 4 spiro atoms. The Bertz CT molecular complexity index is 6930. The standard InChI is InChI=1S/C52H34N2.C44H35BO2.C14H9ClN2/c1-2-17-33(18-3-1)49-38-23-8-15-32-47(38)53-50(54-49)39-24-16-31-46-48(39)52(42-27-11-6-21-36(42)37-22-7-12-28-43(37)52)45-30-14-13-29-44(45)51(46)40-25-9-4-19-34(40)35-20-5-10-26-41(35)51;1-41(2)42(3,4)47-45(46-41)39-27-15-26-38-40(39)44(34-22-11-7-18-30(34)31-19-8-12-23-35(31)44)37-25-14-13-24-36(37)43(38)32-20-9-5-16-28(32)29-17-6-10-21-33(29)43;15-14-16-12-9-5-4-8-11(12)13(17-14)10-6-2-1-3-7-10/h1-29,31-32,45H,30H2;5-27H,1-4H3;1-9H. The van der Waals surface area contributed by atoms with Crippen LogP contribution in [-0.4, -0.2) is 38.3 Å². The minimum absolute atomic E-state index is 0.134. The van der Waals surface area contributed by atoms with Crippen molar-refractivity contribution in [2.75, 3.05) is 0 Å². The van der Waals surface area contributed by atoms with Gasteiger partial charge in [0.15, 0.2) is 5.82 Å². The number of rotatable bonds is 4. The summed E-state index contributed by atoms with van der Waals surface area (Å²) in [6.07, 6.45) is 8.09. The second kappa shape index (κ2) is 26.4. The first-order valence-corrected chi connectivity index (χ1v) is 41.5. The quantitative estimate of drug-likeness (QED) is 0.129. The molecule has 1 saturated heterocycles. The van der Waals surface area contributed by atoms with Crippen LogP contribution in [0.15, 0.2) is 388 Å². The van der Waals surface area contributed by atoms with Crippen LogP contribution in [0.5, 0.6) is 0 Å². The molecule has 0 saturated carbocycles. The van der Waals surface area contributed by atoms with Crippen molar-refractivity contribution in [3.05, 3.63) is 471 Å². The highest BCUT2D eigenvalue weighted by molar-refractivity contribution is 6.63. The Morgan fingerprint density at radius 2 is 0.653 bits per heavy atom. The van der Waals surface area contributed by atoms with Gasteiger partial charge < -0.3 is 9.31 Å². The molecule has 8 aliphatic rings. The van der Waals surface area contributed by atoms with Gasteiger partial charge in [-0.3, -0.25) is 0 Å². The summed E-state index contributed by atoms with van der Waals surface area (Å²) in [6.45, 7) is 8.61. The lowest BCUT2D eigenvalue weighted by Crippen LogP contribution is -2.50. The van der Waals surface area contributed by atoms with E-state index in [2.05, 4.69) is 365 Å². The van der Waals surface area contributed by atoms with Gasteiger partial charge in [0.2, 0.25) is 5.28 Å². The molecule has 0 radical (unpaired) electrons. The maximum Gasteiger partial charge on any atom is 0.495 e. The molecule has 0 bridgehead atoms. The molecule has 0 N–H and O–H groups in total. The Morgan fingerprint density at radius 3 is 1.14 bits per heavy atom. The first-order valence-electron chi connectivity index (χ1n) is 41.2. The van der Waals surface area contributed by atoms with Gasteiger partial charge in [-0.2, -0.15) is 0 Å². The highest BCUT2D eigenvalue weighted by Gasteiger charge is 2.65. The fourth-order valence-electron chi connectivity index (χ4n) is 22.4. The van der Waals surface area contributed by atoms with Gasteiger partial charge in [0, 0.05) is 33.4 Å². The summed E-state index contributed by atoms with van der Waals surface area (Å²) in [7, 11) is -0.527. The van der Waals surface area contributed by atoms with Gasteiger partial charge in [-0.1, -0.05) is 370 Å². The van der Waals surface area contributed by atoms with Crippen molar-refractivity contribution in [1.29, 1.82) is 0 Å². The van der Waals surface area contributed by atoms with Crippen molar-refractivity contribution in [3.63, 3.8) is 0 Å². The number of halogens is 1. The lowest BCUT2D eigenvalue weighted by atomic mass is 9.46. The normalized spacial score (nSPS) is 17.1. The van der Waals surface area contributed by atoms with E-state index >= 15 is 0 Å². The smallest absolute Gasteiger partial charge is 0.399 e. The minimum atomic E-state index is -0.572. The molecule has 1 atom stereocenters. The maximum absolute atomic E-state index is 6.95. The van der Waals surface area contributed by atoms with Crippen LogP contribution in [0.1, 0.15) is 112 Å². The van der Waals surface area contributed by atoms with Gasteiger partial charge in [-0.25, -0.2) is 19.9 Å². The van der Waals surface area contributed by atoms with E-state index in [1.165, 1.54) is 128 Å². The van der Waals surface area contributed by atoms with E-state index in [-0.39, 0.29) is 11.2 Å². The predicted octanol–water partition coefficient (Wildman–Crippen LogP) is 25.1. The topological polar surface area (TPSA) is 70.0 Å². The lowest BCUT2D eigenvalue weighted by molar-refractivity contribution is 0.00578. The van der Waals surface area contributed by atoms with Gasteiger partial charge in [-0.05, 0) is 191 Å². The molecule has 3 heterocycles. The summed E-state index contributed by atoms with van der Waals surface area (Å²) in [5.41, 5.74) is 35.4. The number of nitrogens with zero attached hydrogens (tertiary/aromatic N) is 4. The molecule has 1 unspecified atom stereocenters. The molecule has 560 valence electrons. The first-order chi connectivity index (χ1) is 58.0. The van der Waals surface area contributed by atoms with Crippen LogP contribution < -0.4 is 5.46 Å². The summed E-state index contributed by atoms with van der Waals surface area (Å²) >= 11 is 5.95. The molecule has 6 nitrogen and oxygen atoms in total. The van der Waals surface area contributed by atoms with Crippen molar-refractivity contribution in [2.24, 2.45) is 5.92 Å². The van der Waals surface area contributed by atoms with Crippen molar-refractivity contribution in [1.82, 2.24) is 19.9 Å². The Balaban J connectivity index is 0.000000116. The third kappa shape index (κ3) is 9.55. The molecule has 0 amide bonds. The molecule has 2 aromatic heterocycles.